The van der Waals surface area contributed by atoms with Gasteiger partial charge < -0.3 is 15.0 Å². The predicted molar refractivity (Wildman–Crippen MR) is 140 cm³/mol. The third-order valence-corrected chi connectivity index (χ3v) is 5.92. The van der Waals surface area contributed by atoms with E-state index in [2.05, 4.69) is 10.3 Å². The van der Waals surface area contributed by atoms with Crippen molar-refractivity contribution in [1.29, 1.82) is 0 Å². The number of hydrogen-bond acceptors (Lipinski definition) is 4. The van der Waals surface area contributed by atoms with Gasteiger partial charge in [-0.05, 0) is 49.2 Å². The van der Waals surface area contributed by atoms with Crippen LogP contribution in [0.2, 0.25) is 0 Å². The molecule has 1 aliphatic heterocycles. The summed E-state index contributed by atoms with van der Waals surface area (Å²) in [5.74, 6) is 1.22. The Morgan fingerprint density at radius 3 is 2.26 bits per heavy atom. The Balaban J connectivity index is 0.00000162. The van der Waals surface area contributed by atoms with Crippen molar-refractivity contribution in [1.82, 2.24) is 19.8 Å². The molecule has 6 nitrogen and oxygen atoms in total. The molecule has 1 N–H and O–H groups in total. The van der Waals surface area contributed by atoms with Gasteiger partial charge in [0.05, 0.1) is 5.52 Å². The zero-order valence-electron chi connectivity index (χ0n) is 19.2. The topological polar surface area (TPSA) is 59.4 Å². The van der Waals surface area contributed by atoms with Gasteiger partial charge in [0, 0.05) is 38.1 Å². The number of aromatic nitrogens is 2. The number of para-hydroxylation sites is 2. The van der Waals surface area contributed by atoms with E-state index in [9.17, 15) is 4.79 Å². The monoisotopic (exact) mass is 498 g/mol. The van der Waals surface area contributed by atoms with Crippen molar-refractivity contribution < 1.29 is 9.53 Å². The molecule has 2 aromatic heterocycles. The molecule has 0 atom stereocenters. The van der Waals surface area contributed by atoms with Crippen molar-refractivity contribution in [2.45, 2.75) is 13.8 Å². The van der Waals surface area contributed by atoms with Gasteiger partial charge in [0.2, 0.25) is 5.88 Å². The number of nitrogens with zero attached hydrogens (tertiary/aromatic N) is 3. The fourth-order valence-corrected chi connectivity index (χ4v) is 4.30. The summed E-state index contributed by atoms with van der Waals surface area (Å²) in [6.07, 6.45) is 1.73. The molecule has 0 saturated carbocycles. The van der Waals surface area contributed by atoms with Crippen molar-refractivity contribution >= 4 is 41.8 Å². The van der Waals surface area contributed by atoms with Crippen LogP contribution in [-0.4, -0.2) is 46.5 Å². The number of nitrogens with one attached hydrogen (secondary N) is 1. The van der Waals surface area contributed by atoms with E-state index in [1.165, 1.54) is 0 Å². The van der Waals surface area contributed by atoms with Crippen LogP contribution in [0.25, 0.3) is 16.7 Å². The van der Waals surface area contributed by atoms with Crippen LogP contribution in [-0.2, 0) is 0 Å². The Labute approximate surface area is 211 Å². The largest absolute Gasteiger partial charge is 0.439 e. The highest BCUT2D eigenvalue weighted by Crippen LogP contribution is 2.39. The summed E-state index contributed by atoms with van der Waals surface area (Å²) in [6.45, 7) is 6.92. The molecule has 0 spiro atoms. The highest BCUT2D eigenvalue weighted by atomic mass is 35.5. The Morgan fingerprint density at radius 1 is 0.912 bits per heavy atom. The first-order chi connectivity index (χ1) is 15.6. The van der Waals surface area contributed by atoms with E-state index in [1.807, 2.05) is 84.0 Å². The minimum absolute atomic E-state index is 0. The van der Waals surface area contributed by atoms with Gasteiger partial charge in [0.1, 0.15) is 16.8 Å². The summed E-state index contributed by atoms with van der Waals surface area (Å²) in [4.78, 5) is 20.3. The molecule has 1 amide bonds. The molecule has 3 heterocycles. The first-order valence-electron chi connectivity index (χ1n) is 10.9. The van der Waals surface area contributed by atoms with E-state index < -0.39 is 0 Å². The minimum atomic E-state index is -0.0499. The molecule has 5 rings (SSSR count). The number of benzene rings is 2. The molecular formula is C26H28Cl2N4O2. The molecule has 0 aliphatic carbocycles. The number of hydrogen-bond donors (Lipinski definition) is 1. The summed E-state index contributed by atoms with van der Waals surface area (Å²) < 4.78 is 8.62. The van der Waals surface area contributed by atoms with Crippen LogP contribution >= 0.6 is 24.8 Å². The molecule has 4 aromatic rings. The lowest BCUT2D eigenvalue weighted by atomic mass is 10.1. The van der Waals surface area contributed by atoms with E-state index in [0.717, 1.165) is 41.2 Å². The molecule has 0 radical (unpaired) electrons. The van der Waals surface area contributed by atoms with E-state index in [1.54, 1.807) is 6.20 Å². The zero-order valence-corrected chi connectivity index (χ0v) is 20.8. The van der Waals surface area contributed by atoms with Crippen molar-refractivity contribution in [2.75, 3.05) is 26.2 Å². The number of aryl methyl sites for hydroxylation is 2. The fraction of sp³-hybridized carbons (Fsp3) is 0.231. The van der Waals surface area contributed by atoms with E-state index in [4.69, 9.17) is 4.74 Å². The number of pyridine rings is 1. The number of ether oxygens (including phenoxy) is 1. The number of carbonyl (C=O) groups excluding carboxylic acids is 1. The summed E-state index contributed by atoms with van der Waals surface area (Å²) in [6, 6.07) is 19.9. The lowest BCUT2D eigenvalue weighted by molar-refractivity contribution is 0.0734. The Hall–Kier alpha value is -3.06. The average Bonchev–Trinajstić information content (AvgIpc) is 3.16. The van der Waals surface area contributed by atoms with Gasteiger partial charge in [0.15, 0.2) is 0 Å². The molecule has 1 saturated heterocycles. The molecule has 1 fully saturated rings. The van der Waals surface area contributed by atoms with Crippen LogP contribution in [0.4, 0.5) is 0 Å². The van der Waals surface area contributed by atoms with Crippen molar-refractivity contribution in [3.8, 4) is 17.3 Å². The highest BCUT2D eigenvalue weighted by Gasteiger charge is 2.30. The number of fused-ring (bicyclic) bond motifs is 1. The Morgan fingerprint density at radius 2 is 1.59 bits per heavy atom. The molecule has 1 aliphatic rings. The lowest BCUT2D eigenvalue weighted by Gasteiger charge is -2.27. The lowest BCUT2D eigenvalue weighted by Crippen LogP contribution is -2.46. The standard InChI is InChI=1S/C26H26N4O2.2ClH/c1-18-8-6-9-19(2)24(18)32-26-22(25(31)29-16-14-27-15-17-29)23-21(12-7-13-28-23)30(26)20-10-4-3-5-11-20;;/h3-13,27H,14-17H2,1-2H3;2*1H. The number of amides is 1. The third-order valence-electron chi connectivity index (χ3n) is 5.92. The molecule has 178 valence electrons. The number of carbonyl (C=O) groups is 1. The van der Waals surface area contributed by atoms with Crippen LogP contribution < -0.4 is 10.1 Å². The maximum Gasteiger partial charge on any atom is 0.261 e. The van der Waals surface area contributed by atoms with Gasteiger partial charge in [-0.1, -0.05) is 36.4 Å². The minimum Gasteiger partial charge on any atom is -0.439 e. The quantitative estimate of drug-likeness (QED) is 0.413. The maximum atomic E-state index is 13.8. The average molecular weight is 499 g/mol. The predicted octanol–water partition coefficient (Wildman–Crippen LogP) is 5.32. The van der Waals surface area contributed by atoms with Gasteiger partial charge in [-0.3, -0.25) is 14.3 Å². The van der Waals surface area contributed by atoms with Gasteiger partial charge in [-0.15, -0.1) is 24.8 Å². The van der Waals surface area contributed by atoms with Crippen LogP contribution in [0.15, 0.2) is 66.9 Å². The van der Waals surface area contributed by atoms with E-state index in [0.29, 0.717) is 30.0 Å². The Bertz CT molecular complexity index is 1260. The normalized spacial score (nSPS) is 13.2. The number of piperazine rings is 1. The van der Waals surface area contributed by atoms with Crippen LogP contribution in [0, 0.1) is 13.8 Å². The highest BCUT2D eigenvalue weighted by molar-refractivity contribution is 6.09. The van der Waals surface area contributed by atoms with Crippen LogP contribution in [0.5, 0.6) is 11.6 Å². The van der Waals surface area contributed by atoms with Crippen LogP contribution in [0.1, 0.15) is 21.5 Å². The summed E-state index contributed by atoms with van der Waals surface area (Å²) >= 11 is 0. The van der Waals surface area contributed by atoms with Gasteiger partial charge in [0.25, 0.3) is 5.91 Å². The zero-order chi connectivity index (χ0) is 22.1. The van der Waals surface area contributed by atoms with Crippen molar-refractivity contribution in [3.05, 3.63) is 83.6 Å². The smallest absolute Gasteiger partial charge is 0.261 e. The molecule has 8 heteroatoms. The molecule has 0 bridgehead atoms. The number of halogens is 2. The second-order valence-corrected chi connectivity index (χ2v) is 8.09. The second-order valence-electron chi connectivity index (χ2n) is 8.09. The fourth-order valence-electron chi connectivity index (χ4n) is 4.30. The third kappa shape index (κ3) is 4.62. The molecular weight excluding hydrogens is 471 g/mol. The van der Waals surface area contributed by atoms with Crippen LogP contribution in [0.3, 0.4) is 0 Å². The summed E-state index contributed by atoms with van der Waals surface area (Å²) in [5.41, 5.74) is 4.96. The van der Waals surface area contributed by atoms with Gasteiger partial charge in [-0.25, -0.2) is 0 Å². The first kappa shape index (κ1) is 25.6. The molecule has 34 heavy (non-hydrogen) atoms. The SMILES string of the molecule is Cc1cccc(C)c1Oc1c(C(=O)N2CCNCC2)c2ncccc2n1-c1ccccc1.Cl.Cl. The van der Waals surface area contributed by atoms with E-state index in [-0.39, 0.29) is 30.7 Å². The molecule has 0 unspecified atom stereocenters. The van der Waals surface area contributed by atoms with Crippen molar-refractivity contribution in [3.63, 3.8) is 0 Å². The van der Waals surface area contributed by atoms with E-state index >= 15 is 0 Å². The second kappa shape index (κ2) is 10.9. The first-order valence-corrected chi connectivity index (χ1v) is 10.9. The summed E-state index contributed by atoms with van der Waals surface area (Å²) in [5, 5.41) is 3.31. The van der Waals surface area contributed by atoms with Crippen molar-refractivity contribution in [2.24, 2.45) is 0 Å². The van der Waals surface area contributed by atoms with Gasteiger partial charge in [-0.2, -0.15) is 0 Å². The molecule has 2 aromatic carbocycles. The maximum absolute atomic E-state index is 13.8. The van der Waals surface area contributed by atoms with Gasteiger partial charge >= 0.3 is 0 Å². The number of rotatable bonds is 4. The Kier molecular flexibility index (Phi) is 8.20. The summed E-state index contributed by atoms with van der Waals surface area (Å²) in [7, 11) is 0.